The van der Waals surface area contributed by atoms with E-state index in [1.807, 2.05) is 30.5 Å². The minimum absolute atomic E-state index is 0.0199. The molecule has 3 rings (SSSR count). The Bertz CT molecular complexity index is 1200. The van der Waals surface area contributed by atoms with Crippen LogP contribution in [0.5, 0.6) is 0 Å². The van der Waals surface area contributed by atoms with Crippen molar-refractivity contribution in [2.45, 2.75) is 30.8 Å². The fraction of sp³-hybridized carbons (Fsp3) is 0.273. The highest BCUT2D eigenvalue weighted by molar-refractivity contribution is 7.89. The Labute approximate surface area is 181 Å². The van der Waals surface area contributed by atoms with Gasteiger partial charge in [-0.25, -0.2) is 12.7 Å². The Morgan fingerprint density at radius 2 is 1.71 bits per heavy atom. The molecule has 0 aliphatic heterocycles. The SMILES string of the molecule is CC(=O)N[C@@H](Cc1c[nH]c2ccccc12)C(=O)NCc1ccccc1S(=O)(=O)N(C)C. The molecule has 0 unspecified atom stereocenters. The van der Waals surface area contributed by atoms with Crippen molar-refractivity contribution < 1.29 is 18.0 Å². The maximum absolute atomic E-state index is 12.9. The molecule has 3 aromatic rings. The summed E-state index contributed by atoms with van der Waals surface area (Å²) in [4.78, 5) is 27.9. The van der Waals surface area contributed by atoms with E-state index in [0.29, 0.717) is 12.0 Å². The number of sulfonamides is 1. The first kappa shape index (κ1) is 22.5. The van der Waals surface area contributed by atoms with Crippen molar-refractivity contribution in [1.82, 2.24) is 19.9 Å². The first-order valence-electron chi connectivity index (χ1n) is 9.80. The summed E-state index contributed by atoms with van der Waals surface area (Å²) in [7, 11) is -0.738. The van der Waals surface area contributed by atoms with E-state index in [4.69, 9.17) is 0 Å². The Kier molecular flexibility index (Phi) is 6.77. The highest BCUT2D eigenvalue weighted by Gasteiger charge is 2.24. The van der Waals surface area contributed by atoms with Crippen LogP contribution in [0.2, 0.25) is 0 Å². The monoisotopic (exact) mass is 442 g/mol. The van der Waals surface area contributed by atoms with E-state index in [2.05, 4.69) is 15.6 Å². The summed E-state index contributed by atoms with van der Waals surface area (Å²) in [6.45, 7) is 1.38. The van der Waals surface area contributed by atoms with Gasteiger partial charge >= 0.3 is 0 Å². The molecule has 1 atom stereocenters. The molecule has 0 spiro atoms. The van der Waals surface area contributed by atoms with Crippen LogP contribution in [0.1, 0.15) is 18.1 Å². The van der Waals surface area contributed by atoms with Gasteiger partial charge in [0.05, 0.1) is 4.90 Å². The van der Waals surface area contributed by atoms with Gasteiger partial charge in [-0.05, 0) is 23.3 Å². The molecule has 0 fully saturated rings. The molecule has 1 aromatic heterocycles. The maximum Gasteiger partial charge on any atom is 0.243 e. The van der Waals surface area contributed by atoms with Crippen LogP contribution in [0.4, 0.5) is 0 Å². The van der Waals surface area contributed by atoms with Crippen molar-refractivity contribution >= 4 is 32.7 Å². The van der Waals surface area contributed by atoms with Crippen molar-refractivity contribution in [2.24, 2.45) is 0 Å². The Morgan fingerprint density at radius 3 is 2.42 bits per heavy atom. The number of carbonyl (C=O) groups is 2. The number of nitrogens with one attached hydrogen (secondary N) is 3. The topological polar surface area (TPSA) is 111 Å². The van der Waals surface area contributed by atoms with Crippen LogP contribution < -0.4 is 10.6 Å². The van der Waals surface area contributed by atoms with Crippen LogP contribution in [0.3, 0.4) is 0 Å². The van der Waals surface area contributed by atoms with Crippen molar-refractivity contribution in [1.29, 1.82) is 0 Å². The lowest BCUT2D eigenvalue weighted by atomic mass is 10.0. The van der Waals surface area contributed by atoms with Gasteiger partial charge in [0.15, 0.2) is 0 Å². The van der Waals surface area contributed by atoms with Crippen LogP contribution in [0.15, 0.2) is 59.6 Å². The molecule has 0 bridgehead atoms. The third kappa shape index (κ3) is 5.12. The Balaban J connectivity index is 1.79. The summed E-state index contributed by atoms with van der Waals surface area (Å²) in [5, 5.41) is 6.44. The number of fused-ring (bicyclic) bond motifs is 1. The zero-order valence-electron chi connectivity index (χ0n) is 17.7. The predicted molar refractivity (Wildman–Crippen MR) is 119 cm³/mol. The number of hydrogen-bond acceptors (Lipinski definition) is 4. The lowest BCUT2D eigenvalue weighted by molar-refractivity contribution is -0.128. The number of nitrogens with zero attached hydrogens (tertiary/aromatic N) is 1. The summed E-state index contributed by atoms with van der Waals surface area (Å²) >= 11 is 0. The maximum atomic E-state index is 12.9. The standard InChI is InChI=1S/C22H26N4O4S/c1-15(27)25-20(12-17-14-23-19-10-6-5-9-18(17)19)22(28)24-13-16-8-4-7-11-21(16)31(29,30)26(2)3/h4-11,14,20,23H,12-13H2,1-3H3,(H,24,28)(H,25,27)/t20-/m0/s1. The van der Waals surface area contributed by atoms with Gasteiger partial charge in [0.1, 0.15) is 6.04 Å². The van der Waals surface area contributed by atoms with E-state index in [-0.39, 0.29) is 17.3 Å². The number of rotatable bonds is 8. The lowest BCUT2D eigenvalue weighted by Crippen LogP contribution is -2.47. The number of aromatic nitrogens is 1. The molecule has 3 N–H and O–H groups in total. The second kappa shape index (κ2) is 9.32. The number of amides is 2. The van der Waals surface area contributed by atoms with Gasteiger partial charge < -0.3 is 15.6 Å². The van der Waals surface area contributed by atoms with Crippen LogP contribution in [0, 0.1) is 0 Å². The van der Waals surface area contributed by atoms with Crippen LogP contribution in [0.25, 0.3) is 10.9 Å². The molecule has 0 aliphatic rings. The molecule has 2 amide bonds. The molecule has 0 radical (unpaired) electrons. The van der Waals surface area contributed by atoms with Crippen LogP contribution in [-0.2, 0) is 32.6 Å². The second-order valence-corrected chi connectivity index (χ2v) is 9.55. The van der Waals surface area contributed by atoms with Gasteiger partial charge in [0, 0.05) is 51.1 Å². The second-order valence-electron chi connectivity index (χ2n) is 7.43. The summed E-state index contributed by atoms with van der Waals surface area (Å²) in [6, 6.07) is 13.4. The van der Waals surface area contributed by atoms with Crippen molar-refractivity contribution in [2.75, 3.05) is 14.1 Å². The first-order valence-corrected chi connectivity index (χ1v) is 11.2. The van der Waals surface area contributed by atoms with Crippen molar-refractivity contribution in [3.63, 3.8) is 0 Å². The highest BCUT2D eigenvalue weighted by Crippen LogP contribution is 2.20. The van der Waals surface area contributed by atoms with E-state index in [1.165, 1.54) is 27.1 Å². The molecular weight excluding hydrogens is 416 g/mol. The van der Waals surface area contributed by atoms with Gasteiger partial charge in [0.2, 0.25) is 21.8 Å². The molecule has 0 saturated heterocycles. The fourth-order valence-corrected chi connectivity index (χ4v) is 4.49. The van der Waals surface area contributed by atoms with E-state index in [9.17, 15) is 18.0 Å². The number of benzene rings is 2. The Hall–Kier alpha value is -3.17. The molecule has 31 heavy (non-hydrogen) atoms. The summed E-state index contributed by atoms with van der Waals surface area (Å²) in [5.41, 5.74) is 2.32. The third-order valence-corrected chi connectivity index (χ3v) is 6.89. The van der Waals surface area contributed by atoms with E-state index in [1.54, 1.807) is 18.2 Å². The highest BCUT2D eigenvalue weighted by atomic mass is 32.2. The molecule has 8 nitrogen and oxygen atoms in total. The number of aromatic amines is 1. The van der Waals surface area contributed by atoms with Gasteiger partial charge in [-0.1, -0.05) is 36.4 Å². The average Bonchev–Trinajstić information content (AvgIpc) is 3.14. The summed E-state index contributed by atoms with van der Waals surface area (Å²) in [5.74, 6) is -0.715. The van der Waals surface area contributed by atoms with Gasteiger partial charge in [-0.15, -0.1) is 0 Å². The van der Waals surface area contributed by atoms with Gasteiger partial charge in [-0.3, -0.25) is 9.59 Å². The first-order chi connectivity index (χ1) is 14.7. The van der Waals surface area contributed by atoms with Gasteiger partial charge in [0.25, 0.3) is 0 Å². The number of carbonyl (C=O) groups excluding carboxylic acids is 2. The lowest BCUT2D eigenvalue weighted by Gasteiger charge is -2.19. The molecular formula is C22H26N4O4S. The molecule has 0 saturated carbocycles. The third-order valence-electron chi connectivity index (χ3n) is 4.98. The quantitative estimate of drug-likeness (QED) is 0.494. The normalized spacial score (nSPS) is 12.6. The fourth-order valence-electron chi connectivity index (χ4n) is 3.38. The molecule has 9 heteroatoms. The largest absolute Gasteiger partial charge is 0.361 e. The van der Waals surface area contributed by atoms with Crippen molar-refractivity contribution in [3.05, 3.63) is 65.9 Å². The average molecular weight is 443 g/mol. The molecule has 2 aromatic carbocycles. The molecule has 164 valence electrons. The number of para-hydroxylation sites is 1. The zero-order chi connectivity index (χ0) is 22.6. The number of H-pyrrole nitrogens is 1. The summed E-state index contributed by atoms with van der Waals surface area (Å²) < 4.78 is 26.3. The predicted octanol–water partition coefficient (Wildman–Crippen LogP) is 1.78. The van der Waals surface area contributed by atoms with Crippen molar-refractivity contribution in [3.8, 4) is 0 Å². The van der Waals surface area contributed by atoms with Crippen LogP contribution >= 0.6 is 0 Å². The minimum atomic E-state index is -3.65. The Morgan fingerprint density at radius 1 is 1.03 bits per heavy atom. The smallest absolute Gasteiger partial charge is 0.243 e. The van der Waals surface area contributed by atoms with E-state index >= 15 is 0 Å². The molecule has 1 heterocycles. The molecule has 0 aliphatic carbocycles. The van der Waals surface area contributed by atoms with E-state index in [0.717, 1.165) is 20.8 Å². The summed E-state index contributed by atoms with van der Waals surface area (Å²) in [6.07, 6.45) is 2.12. The minimum Gasteiger partial charge on any atom is -0.361 e. The van der Waals surface area contributed by atoms with E-state index < -0.39 is 22.0 Å². The zero-order valence-corrected chi connectivity index (χ0v) is 18.5. The van der Waals surface area contributed by atoms with Gasteiger partial charge in [-0.2, -0.15) is 0 Å². The van der Waals surface area contributed by atoms with Crippen LogP contribution in [-0.4, -0.2) is 49.7 Å². The number of hydrogen-bond donors (Lipinski definition) is 3.